The first-order chi connectivity index (χ1) is 14.0. The number of carbonyl (C=O) groups is 1. The summed E-state index contributed by atoms with van der Waals surface area (Å²) in [5, 5.41) is 0.707. The summed E-state index contributed by atoms with van der Waals surface area (Å²) >= 11 is 1.55. The van der Waals surface area contributed by atoms with Gasteiger partial charge in [-0.1, -0.05) is 47.7 Å². The van der Waals surface area contributed by atoms with Crippen molar-refractivity contribution >= 4 is 32.6 Å². The number of thiazole rings is 1. The Morgan fingerprint density at radius 3 is 2.45 bits per heavy atom. The van der Waals surface area contributed by atoms with Gasteiger partial charge in [0.1, 0.15) is 5.75 Å². The van der Waals surface area contributed by atoms with Crippen LogP contribution in [0.4, 0.5) is 5.13 Å². The lowest BCUT2D eigenvalue weighted by Crippen LogP contribution is -2.30. The molecule has 146 valence electrons. The molecule has 4 aromatic rings. The zero-order valence-electron chi connectivity index (χ0n) is 16.7. The summed E-state index contributed by atoms with van der Waals surface area (Å²) in [7, 11) is 1.62. The van der Waals surface area contributed by atoms with Crippen LogP contribution in [0.1, 0.15) is 27.0 Å². The average Bonchev–Trinajstić information content (AvgIpc) is 3.16. The van der Waals surface area contributed by atoms with E-state index >= 15 is 0 Å². The predicted molar refractivity (Wildman–Crippen MR) is 119 cm³/mol. The molecule has 1 heterocycles. The third-order valence-electron chi connectivity index (χ3n) is 4.82. The molecule has 3 aromatic carbocycles. The second-order valence-electron chi connectivity index (χ2n) is 7.03. The summed E-state index contributed by atoms with van der Waals surface area (Å²) in [4.78, 5) is 20.0. The number of aryl methyl sites for hydroxylation is 2. The first-order valence-electron chi connectivity index (χ1n) is 9.43. The minimum atomic E-state index is -0.0788. The van der Waals surface area contributed by atoms with Crippen LogP contribution in [0, 0.1) is 13.8 Å². The van der Waals surface area contributed by atoms with Crippen molar-refractivity contribution < 1.29 is 9.53 Å². The van der Waals surface area contributed by atoms with Crippen molar-refractivity contribution in [2.75, 3.05) is 12.0 Å². The largest absolute Gasteiger partial charge is 0.497 e. The van der Waals surface area contributed by atoms with E-state index in [9.17, 15) is 4.79 Å². The number of anilines is 1. The molecule has 0 aliphatic carbocycles. The first kappa shape index (κ1) is 19.2. The number of amides is 1. The van der Waals surface area contributed by atoms with Gasteiger partial charge in [-0.15, -0.1) is 0 Å². The van der Waals surface area contributed by atoms with Crippen LogP contribution in [-0.2, 0) is 6.54 Å². The molecule has 1 amide bonds. The molecule has 0 aliphatic rings. The van der Waals surface area contributed by atoms with Crippen LogP contribution < -0.4 is 9.64 Å². The van der Waals surface area contributed by atoms with Gasteiger partial charge in [0, 0.05) is 5.56 Å². The normalized spacial score (nSPS) is 10.9. The lowest BCUT2D eigenvalue weighted by molar-refractivity contribution is 0.0985. The topological polar surface area (TPSA) is 42.4 Å². The predicted octanol–water partition coefficient (Wildman–Crippen LogP) is 5.77. The molecule has 0 atom stereocenters. The van der Waals surface area contributed by atoms with Gasteiger partial charge in [-0.2, -0.15) is 0 Å². The monoisotopic (exact) mass is 402 g/mol. The van der Waals surface area contributed by atoms with Gasteiger partial charge in [-0.3, -0.25) is 9.69 Å². The van der Waals surface area contributed by atoms with Crippen LogP contribution in [0.25, 0.3) is 10.2 Å². The van der Waals surface area contributed by atoms with Gasteiger partial charge >= 0.3 is 0 Å². The maximum Gasteiger partial charge on any atom is 0.260 e. The lowest BCUT2D eigenvalue weighted by Gasteiger charge is -2.20. The molecule has 0 bridgehead atoms. The van der Waals surface area contributed by atoms with Gasteiger partial charge < -0.3 is 4.74 Å². The highest BCUT2D eigenvalue weighted by Gasteiger charge is 2.22. The van der Waals surface area contributed by atoms with Crippen molar-refractivity contribution in [2.24, 2.45) is 0 Å². The summed E-state index contributed by atoms with van der Waals surface area (Å²) in [6, 6.07) is 21.4. The molecule has 0 aliphatic heterocycles. The molecule has 29 heavy (non-hydrogen) atoms. The van der Waals surface area contributed by atoms with E-state index in [-0.39, 0.29) is 5.91 Å². The third-order valence-corrected chi connectivity index (χ3v) is 5.84. The van der Waals surface area contributed by atoms with Crippen molar-refractivity contribution in [1.82, 2.24) is 4.98 Å². The van der Waals surface area contributed by atoms with Gasteiger partial charge in [0.2, 0.25) is 0 Å². The van der Waals surface area contributed by atoms with E-state index in [0.717, 1.165) is 27.1 Å². The standard InChI is InChI=1S/C24H22N2O2S/c1-16-13-17(2)22-21(14-16)29-24(25-22)26(15-18-7-5-4-6-8-18)23(27)19-9-11-20(28-3)12-10-19/h4-14H,15H2,1-3H3. The molecular weight excluding hydrogens is 380 g/mol. The van der Waals surface area contributed by atoms with Crippen molar-refractivity contribution in [3.05, 3.63) is 89.0 Å². The molecule has 5 heteroatoms. The number of ether oxygens (including phenoxy) is 1. The van der Waals surface area contributed by atoms with Crippen LogP contribution >= 0.6 is 11.3 Å². The van der Waals surface area contributed by atoms with Gasteiger partial charge in [0.15, 0.2) is 5.13 Å². The number of aromatic nitrogens is 1. The Kier molecular flexibility index (Phi) is 5.32. The number of carbonyl (C=O) groups excluding carboxylic acids is 1. The highest BCUT2D eigenvalue weighted by Crippen LogP contribution is 2.33. The fourth-order valence-electron chi connectivity index (χ4n) is 3.36. The summed E-state index contributed by atoms with van der Waals surface area (Å²) in [5.74, 6) is 0.646. The van der Waals surface area contributed by atoms with Gasteiger partial charge in [-0.05, 0) is 60.9 Å². The molecule has 4 rings (SSSR count). The smallest absolute Gasteiger partial charge is 0.260 e. The van der Waals surface area contributed by atoms with Crippen molar-refractivity contribution in [3.63, 3.8) is 0 Å². The molecular formula is C24H22N2O2S. The molecule has 0 unspecified atom stereocenters. The maximum atomic E-state index is 13.4. The number of nitrogens with zero attached hydrogens (tertiary/aromatic N) is 2. The van der Waals surface area contributed by atoms with Crippen LogP contribution in [0.3, 0.4) is 0 Å². The second-order valence-corrected chi connectivity index (χ2v) is 8.04. The van der Waals surface area contributed by atoms with Gasteiger partial charge in [0.05, 0.1) is 23.9 Å². The van der Waals surface area contributed by atoms with E-state index < -0.39 is 0 Å². The van der Waals surface area contributed by atoms with Crippen molar-refractivity contribution in [2.45, 2.75) is 20.4 Å². The molecule has 0 fully saturated rings. The Balaban J connectivity index is 1.77. The fourth-order valence-corrected chi connectivity index (χ4v) is 4.50. The average molecular weight is 403 g/mol. The van der Waals surface area contributed by atoms with Crippen molar-refractivity contribution in [1.29, 1.82) is 0 Å². The fraction of sp³-hybridized carbons (Fsp3) is 0.167. The number of hydrogen-bond donors (Lipinski definition) is 0. The lowest BCUT2D eigenvalue weighted by atomic mass is 10.1. The Morgan fingerprint density at radius 1 is 1.03 bits per heavy atom. The van der Waals surface area contributed by atoms with Crippen molar-refractivity contribution in [3.8, 4) is 5.75 Å². The van der Waals surface area contributed by atoms with Crippen LogP contribution in [0.5, 0.6) is 5.75 Å². The Morgan fingerprint density at radius 2 is 1.76 bits per heavy atom. The quantitative estimate of drug-likeness (QED) is 0.426. The number of fused-ring (bicyclic) bond motifs is 1. The minimum Gasteiger partial charge on any atom is -0.497 e. The molecule has 0 saturated carbocycles. The zero-order valence-corrected chi connectivity index (χ0v) is 17.5. The first-order valence-corrected chi connectivity index (χ1v) is 10.2. The number of rotatable bonds is 5. The van der Waals surface area contributed by atoms with Gasteiger partial charge in [-0.25, -0.2) is 4.98 Å². The zero-order chi connectivity index (χ0) is 20.4. The highest BCUT2D eigenvalue weighted by atomic mass is 32.1. The molecule has 0 radical (unpaired) electrons. The summed E-state index contributed by atoms with van der Waals surface area (Å²) in [5.41, 5.74) is 4.94. The van der Waals surface area contributed by atoms with Crippen LogP contribution in [-0.4, -0.2) is 18.0 Å². The van der Waals surface area contributed by atoms with Gasteiger partial charge in [0.25, 0.3) is 5.91 Å². The Bertz CT molecular complexity index is 1150. The highest BCUT2D eigenvalue weighted by molar-refractivity contribution is 7.22. The third kappa shape index (κ3) is 4.00. The number of benzene rings is 3. The number of hydrogen-bond acceptors (Lipinski definition) is 4. The van der Waals surface area contributed by atoms with Crippen LogP contribution in [0.2, 0.25) is 0 Å². The van der Waals surface area contributed by atoms with E-state index in [1.165, 1.54) is 5.56 Å². The summed E-state index contributed by atoms with van der Waals surface area (Å²) in [6.45, 7) is 4.60. The van der Waals surface area contributed by atoms with E-state index in [4.69, 9.17) is 9.72 Å². The Labute approximate surface area is 174 Å². The molecule has 0 spiro atoms. The second kappa shape index (κ2) is 8.05. The summed E-state index contributed by atoms with van der Waals surface area (Å²) < 4.78 is 6.31. The Hall–Kier alpha value is -3.18. The maximum absolute atomic E-state index is 13.4. The minimum absolute atomic E-state index is 0.0788. The van der Waals surface area contributed by atoms with Crippen LogP contribution in [0.15, 0.2) is 66.7 Å². The SMILES string of the molecule is COc1ccc(C(=O)N(Cc2ccccc2)c2nc3c(C)cc(C)cc3s2)cc1. The molecule has 0 saturated heterocycles. The molecule has 1 aromatic heterocycles. The van der Waals surface area contributed by atoms with E-state index in [2.05, 4.69) is 26.0 Å². The van der Waals surface area contributed by atoms with E-state index in [1.807, 2.05) is 30.3 Å². The molecule has 4 nitrogen and oxygen atoms in total. The van der Waals surface area contributed by atoms with E-state index in [1.54, 1.807) is 47.6 Å². The summed E-state index contributed by atoms with van der Waals surface area (Å²) in [6.07, 6.45) is 0. The molecule has 0 N–H and O–H groups in total. The van der Waals surface area contributed by atoms with E-state index in [0.29, 0.717) is 17.2 Å². The number of methoxy groups -OCH3 is 1.